The molecule has 1 aromatic heterocycles. The molecule has 0 spiro atoms. The highest BCUT2D eigenvalue weighted by molar-refractivity contribution is 5.32. The van der Waals surface area contributed by atoms with Gasteiger partial charge in [0.05, 0.1) is 0 Å². The standard InChI is InChI=1S/C12H22N4/c1-9(2)14-12-4-5-16(15-12)8-10(3)11-6-13-7-11/h4-5,9-11,13H,6-8H2,1-3H3,(H,14,15). The van der Waals surface area contributed by atoms with Gasteiger partial charge in [0.15, 0.2) is 0 Å². The van der Waals surface area contributed by atoms with Crippen molar-refractivity contribution in [2.45, 2.75) is 33.4 Å². The Kier molecular flexibility index (Phi) is 3.49. The summed E-state index contributed by atoms with van der Waals surface area (Å²) in [6, 6.07) is 2.49. The summed E-state index contributed by atoms with van der Waals surface area (Å²) in [7, 11) is 0. The van der Waals surface area contributed by atoms with E-state index in [1.807, 2.05) is 10.7 Å². The maximum Gasteiger partial charge on any atom is 0.148 e. The summed E-state index contributed by atoms with van der Waals surface area (Å²) in [5.41, 5.74) is 0. The van der Waals surface area contributed by atoms with Crippen LogP contribution in [0.15, 0.2) is 12.3 Å². The first-order valence-electron chi connectivity index (χ1n) is 6.16. The van der Waals surface area contributed by atoms with Crippen LogP contribution in [0.4, 0.5) is 5.82 Å². The molecule has 0 amide bonds. The summed E-state index contributed by atoms with van der Waals surface area (Å²) in [6.45, 7) is 9.91. The second kappa shape index (κ2) is 4.87. The van der Waals surface area contributed by atoms with E-state index >= 15 is 0 Å². The maximum absolute atomic E-state index is 4.52. The second-order valence-electron chi connectivity index (χ2n) is 5.12. The third-order valence-electron chi connectivity index (χ3n) is 3.17. The highest BCUT2D eigenvalue weighted by Crippen LogP contribution is 2.18. The maximum atomic E-state index is 4.52. The minimum absolute atomic E-state index is 0.441. The molecule has 2 N–H and O–H groups in total. The first-order valence-corrected chi connectivity index (χ1v) is 6.16. The molecule has 90 valence electrons. The van der Waals surface area contributed by atoms with Crippen molar-refractivity contribution in [2.24, 2.45) is 11.8 Å². The number of nitrogens with one attached hydrogen (secondary N) is 2. The largest absolute Gasteiger partial charge is 0.366 e. The van der Waals surface area contributed by atoms with Gasteiger partial charge in [0.25, 0.3) is 0 Å². The van der Waals surface area contributed by atoms with Crippen LogP contribution in [0.2, 0.25) is 0 Å². The van der Waals surface area contributed by atoms with Crippen molar-refractivity contribution >= 4 is 5.82 Å². The summed E-state index contributed by atoms with van der Waals surface area (Å²) >= 11 is 0. The van der Waals surface area contributed by atoms with E-state index in [1.54, 1.807) is 0 Å². The van der Waals surface area contributed by atoms with Gasteiger partial charge in [-0.15, -0.1) is 0 Å². The number of hydrogen-bond acceptors (Lipinski definition) is 3. The summed E-state index contributed by atoms with van der Waals surface area (Å²) in [6.07, 6.45) is 2.06. The van der Waals surface area contributed by atoms with Crippen LogP contribution >= 0.6 is 0 Å². The molecule has 0 bridgehead atoms. The summed E-state index contributed by atoms with van der Waals surface area (Å²) in [4.78, 5) is 0. The van der Waals surface area contributed by atoms with Crippen LogP contribution in [0.5, 0.6) is 0 Å². The Hall–Kier alpha value is -1.03. The van der Waals surface area contributed by atoms with Crippen LogP contribution in [0.3, 0.4) is 0 Å². The van der Waals surface area contributed by atoms with Crippen LogP contribution in [-0.4, -0.2) is 28.9 Å². The summed E-state index contributed by atoms with van der Waals surface area (Å²) in [5, 5.41) is 11.1. The van der Waals surface area contributed by atoms with E-state index in [0.717, 1.165) is 18.3 Å². The Labute approximate surface area is 97.4 Å². The van der Waals surface area contributed by atoms with Crippen molar-refractivity contribution in [3.8, 4) is 0 Å². The van der Waals surface area contributed by atoms with Crippen molar-refractivity contribution in [2.75, 3.05) is 18.4 Å². The van der Waals surface area contributed by atoms with Gasteiger partial charge in [-0.1, -0.05) is 6.92 Å². The molecular weight excluding hydrogens is 200 g/mol. The average Bonchev–Trinajstić information content (AvgIpc) is 2.47. The molecule has 2 heterocycles. The molecule has 1 atom stereocenters. The molecule has 0 saturated carbocycles. The number of nitrogens with zero attached hydrogens (tertiary/aromatic N) is 2. The minimum Gasteiger partial charge on any atom is -0.366 e. The first-order chi connectivity index (χ1) is 7.65. The first kappa shape index (κ1) is 11.5. The van der Waals surface area contributed by atoms with E-state index in [-0.39, 0.29) is 0 Å². The molecule has 1 aliphatic rings. The number of rotatable bonds is 5. The van der Waals surface area contributed by atoms with Gasteiger partial charge in [-0.3, -0.25) is 4.68 Å². The number of anilines is 1. The van der Waals surface area contributed by atoms with E-state index in [2.05, 4.69) is 42.7 Å². The van der Waals surface area contributed by atoms with Crippen molar-refractivity contribution in [1.29, 1.82) is 0 Å². The highest BCUT2D eigenvalue weighted by atomic mass is 15.3. The zero-order valence-corrected chi connectivity index (χ0v) is 10.4. The predicted molar refractivity (Wildman–Crippen MR) is 66.5 cm³/mol. The lowest BCUT2D eigenvalue weighted by Gasteiger charge is -2.32. The molecular formula is C12H22N4. The van der Waals surface area contributed by atoms with Crippen molar-refractivity contribution in [3.05, 3.63) is 12.3 Å². The summed E-state index contributed by atoms with van der Waals surface area (Å²) < 4.78 is 2.05. The Balaban J connectivity index is 1.86. The Bertz CT molecular complexity index is 328. The number of aromatic nitrogens is 2. The third-order valence-corrected chi connectivity index (χ3v) is 3.17. The van der Waals surface area contributed by atoms with E-state index in [0.29, 0.717) is 12.0 Å². The lowest BCUT2D eigenvalue weighted by atomic mass is 9.89. The second-order valence-corrected chi connectivity index (χ2v) is 5.12. The molecule has 1 unspecified atom stereocenters. The molecule has 0 aliphatic carbocycles. The molecule has 4 heteroatoms. The molecule has 4 nitrogen and oxygen atoms in total. The Morgan fingerprint density at radius 2 is 2.25 bits per heavy atom. The lowest BCUT2D eigenvalue weighted by molar-refractivity contribution is 0.222. The molecule has 1 aromatic rings. The zero-order chi connectivity index (χ0) is 11.5. The molecule has 2 rings (SSSR count). The smallest absolute Gasteiger partial charge is 0.148 e. The van der Waals surface area contributed by atoms with Crippen molar-refractivity contribution in [1.82, 2.24) is 15.1 Å². The fraction of sp³-hybridized carbons (Fsp3) is 0.750. The van der Waals surface area contributed by atoms with Gasteiger partial charge in [0, 0.05) is 24.8 Å². The quantitative estimate of drug-likeness (QED) is 0.794. The van der Waals surface area contributed by atoms with Gasteiger partial charge in [0.1, 0.15) is 5.82 Å². The van der Waals surface area contributed by atoms with Gasteiger partial charge in [-0.2, -0.15) is 5.10 Å². The van der Waals surface area contributed by atoms with Crippen molar-refractivity contribution < 1.29 is 0 Å². The van der Waals surface area contributed by atoms with Crippen LogP contribution in [0.1, 0.15) is 20.8 Å². The third kappa shape index (κ3) is 2.76. The van der Waals surface area contributed by atoms with E-state index in [1.165, 1.54) is 13.1 Å². The molecule has 0 radical (unpaired) electrons. The molecule has 16 heavy (non-hydrogen) atoms. The van der Waals surface area contributed by atoms with E-state index in [9.17, 15) is 0 Å². The van der Waals surface area contributed by atoms with Gasteiger partial charge in [0.2, 0.25) is 0 Å². The minimum atomic E-state index is 0.441. The van der Waals surface area contributed by atoms with Crippen molar-refractivity contribution in [3.63, 3.8) is 0 Å². The van der Waals surface area contributed by atoms with E-state index < -0.39 is 0 Å². The monoisotopic (exact) mass is 222 g/mol. The number of hydrogen-bond donors (Lipinski definition) is 2. The Morgan fingerprint density at radius 3 is 2.81 bits per heavy atom. The molecule has 1 aliphatic heterocycles. The summed E-state index contributed by atoms with van der Waals surface area (Å²) in [5.74, 6) is 2.51. The normalized spacial score (nSPS) is 18.5. The Morgan fingerprint density at radius 1 is 1.50 bits per heavy atom. The van der Waals surface area contributed by atoms with Crippen LogP contribution < -0.4 is 10.6 Å². The molecule has 1 saturated heterocycles. The van der Waals surface area contributed by atoms with Crippen LogP contribution in [0.25, 0.3) is 0 Å². The van der Waals surface area contributed by atoms with Gasteiger partial charge in [-0.05, 0) is 38.8 Å². The van der Waals surface area contributed by atoms with Gasteiger partial charge >= 0.3 is 0 Å². The molecule has 0 aromatic carbocycles. The van der Waals surface area contributed by atoms with Gasteiger partial charge in [-0.25, -0.2) is 0 Å². The average molecular weight is 222 g/mol. The predicted octanol–water partition coefficient (Wildman–Crippen LogP) is 1.56. The van der Waals surface area contributed by atoms with Crippen LogP contribution in [-0.2, 0) is 6.54 Å². The SMILES string of the molecule is CC(C)Nc1ccn(CC(C)C2CNC2)n1. The van der Waals surface area contributed by atoms with E-state index in [4.69, 9.17) is 0 Å². The van der Waals surface area contributed by atoms with Crippen LogP contribution in [0, 0.1) is 11.8 Å². The fourth-order valence-electron chi connectivity index (χ4n) is 1.99. The fourth-order valence-corrected chi connectivity index (χ4v) is 1.99. The molecule has 1 fully saturated rings. The van der Waals surface area contributed by atoms with Gasteiger partial charge < -0.3 is 10.6 Å². The highest BCUT2D eigenvalue weighted by Gasteiger charge is 2.23. The zero-order valence-electron chi connectivity index (χ0n) is 10.4. The topological polar surface area (TPSA) is 41.9 Å². The lowest BCUT2D eigenvalue weighted by Crippen LogP contribution is -2.46.